The summed E-state index contributed by atoms with van der Waals surface area (Å²) in [5.74, 6) is -3.31. The summed E-state index contributed by atoms with van der Waals surface area (Å²) in [4.78, 5) is 37.7. The molecule has 0 aromatic carbocycles. The fourth-order valence-electron chi connectivity index (χ4n) is 6.46. The van der Waals surface area contributed by atoms with Crippen LogP contribution < -0.4 is 0 Å². The highest BCUT2D eigenvalue weighted by atomic mass is 16.4. The van der Waals surface area contributed by atoms with E-state index in [1.54, 1.807) is 0 Å². The number of rotatable bonds is 29. The number of carboxylic acid groups (broad SMARTS) is 3. The van der Waals surface area contributed by atoms with Crippen molar-refractivity contribution >= 4 is 17.9 Å². The maximum absolute atomic E-state index is 12.6. The molecule has 240 valence electrons. The fourth-order valence-corrected chi connectivity index (χ4v) is 6.46. The number of quaternary nitrogens is 1. The Labute approximate surface area is 251 Å². The maximum atomic E-state index is 12.6. The highest BCUT2D eigenvalue weighted by Gasteiger charge is 2.56. The third-order valence-corrected chi connectivity index (χ3v) is 8.61. The van der Waals surface area contributed by atoms with Crippen LogP contribution in [-0.2, 0) is 14.4 Å². The number of carboxylic acids is 3. The van der Waals surface area contributed by atoms with Gasteiger partial charge in [0.2, 0.25) is 0 Å². The third kappa shape index (κ3) is 15.2. The Morgan fingerprint density at radius 3 is 1.12 bits per heavy atom. The smallest absolute Gasteiger partial charge is 0.362 e. The van der Waals surface area contributed by atoms with Crippen molar-refractivity contribution in [1.29, 1.82) is 0 Å². The first-order chi connectivity index (χ1) is 19.7. The molecule has 3 unspecified atom stereocenters. The molecule has 0 aliphatic rings. The Morgan fingerprint density at radius 2 is 0.805 bits per heavy atom. The third-order valence-electron chi connectivity index (χ3n) is 8.61. The van der Waals surface area contributed by atoms with Crippen LogP contribution in [0.25, 0.3) is 0 Å². The maximum Gasteiger partial charge on any atom is 0.362 e. The van der Waals surface area contributed by atoms with E-state index in [0.29, 0.717) is 25.7 Å². The number of aliphatic carboxylic acids is 3. The second-order valence-electron chi connectivity index (χ2n) is 11.9. The van der Waals surface area contributed by atoms with Gasteiger partial charge in [-0.25, -0.2) is 14.4 Å². The van der Waals surface area contributed by atoms with Crippen molar-refractivity contribution in [3.05, 3.63) is 12.2 Å². The second-order valence-corrected chi connectivity index (χ2v) is 11.9. The fraction of sp³-hybridized carbons (Fsp3) is 0.853. The van der Waals surface area contributed by atoms with Gasteiger partial charge in [0, 0.05) is 25.7 Å². The zero-order valence-electron chi connectivity index (χ0n) is 27.0. The molecule has 0 saturated carbocycles. The zero-order chi connectivity index (χ0) is 30.9. The highest BCUT2D eigenvalue weighted by molar-refractivity contribution is 5.78. The van der Waals surface area contributed by atoms with Crippen molar-refractivity contribution in [2.45, 2.75) is 181 Å². The molecule has 0 aliphatic heterocycles. The topological polar surface area (TPSA) is 112 Å². The summed E-state index contributed by atoms with van der Waals surface area (Å²) < 4.78 is -0.418. The Hall–Kier alpha value is -1.89. The van der Waals surface area contributed by atoms with E-state index in [-0.39, 0.29) is 25.8 Å². The molecule has 0 radical (unpaired) electrons. The van der Waals surface area contributed by atoms with Crippen molar-refractivity contribution in [3.63, 3.8) is 0 Å². The SMILES string of the molecule is CCCCCCCCCCCCCCC/C=C/CC[N+](C(CCC)C(=O)O)(C(CCC)C(=O)O)C(CCC)C(=O)O. The van der Waals surface area contributed by atoms with E-state index in [1.165, 1.54) is 77.0 Å². The second kappa shape index (κ2) is 24.7. The van der Waals surface area contributed by atoms with E-state index in [4.69, 9.17) is 0 Å². The molecule has 7 nitrogen and oxygen atoms in total. The Kier molecular flexibility index (Phi) is 23.5. The Balaban J connectivity index is 5.09. The van der Waals surface area contributed by atoms with E-state index >= 15 is 0 Å². The molecule has 0 amide bonds. The molecule has 0 bridgehead atoms. The molecule has 41 heavy (non-hydrogen) atoms. The number of unbranched alkanes of at least 4 members (excludes halogenated alkanes) is 13. The van der Waals surface area contributed by atoms with Gasteiger partial charge in [0.1, 0.15) is 0 Å². The molecule has 0 saturated heterocycles. The van der Waals surface area contributed by atoms with Crippen LogP contribution in [0.1, 0.15) is 163 Å². The van der Waals surface area contributed by atoms with Crippen LogP contribution in [0.4, 0.5) is 0 Å². The van der Waals surface area contributed by atoms with Gasteiger partial charge in [-0.3, -0.25) is 4.48 Å². The van der Waals surface area contributed by atoms with Crippen LogP contribution in [0.3, 0.4) is 0 Å². The molecule has 0 spiro atoms. The summed E-state index contributed by atoms with van der Waals surface area (Å²) in [6, 6.07) is -3.22. The monoisotopic (exact) mass is 582 g/mol. The van der Waals surface area contributed by atoms with Crippen LogP contribution in [0.2, 0.25) is 0 Å². The van der Waals surface area contributed by atoms with Gasteiger partial charge in [0.05, 0.1) is 6.54 Å². The molecule has 0 fully saturated rings. The molecule has 0 rings (SSSR count). The van der Waals surface area contributed by atoms with Gasteiger partial charge in [-0.2, -0.15) is 0 Å². The minimum absolute atomic E-state index is 0.194. The molecule has 0 aromatic heterocycles. The number of hydrogen-bond acceptors (Lipinski definition) is 3. The summed E-state index contributed by atoms with van der Waals surface area (Å²) in [6.07, 6.45) is 24.9. The van der Waals surface area contributed by atoms with Gasteiger partial charge in [-0.05, 0) is 32.1 Å². The van der Waals surface area contributed by atoms with Gasteiger partial charge >= 0.3 is 17.9 Å². The van der Waals surface area contributed by atoms with Crippen molar-refractivity contribution in [2.75, 3.05) is 6.54 Å². The number of carbonyl (C=O) groups is 3. The summed E-state index contributed by atoms with van der Waals surface area (Å²) >= 11 is 0. The molecular weight excluding hydrogens is 518 g/mol. The van der Waals surface area contributed by atoms with Crippen LogP contribution >= 0.6 is 0 Å². The van der Waals surface area contributed by atoms with Crippen LogP contribution in [0.5, 0.6) is 0 Å². The first-order valence-corrected chi connectivity index (χ1v) is 16.9. The Bertz CT molecular complexity index is 662. The minimum Gasteiger partial charge on any atom is -0.477 e. The lowest BCUT2D eigenvalue weighted by molar-refractivity contribution is -0.973. The molecule has 0 aromatic rings. The molecular formula is C34H64NO6+. The Morgan fingerprint density at radius 1 is 0.488 bits per heavy atom. The average Bonchev–Trinajstić information content (AvgIpc) is 2.93. The van der Waals surface area contributed by atoms with Crippen LogP contribution in [-0.4, -0.2) is 62.4 Å². The summed E-state index contributed by atoms with van der Waals surface area (Å²) in [7, 11) is 0. The zero-order valence-corrected chi connectivity index (χ0v) is 27.0. The number of allylic oxidation sites excluding steroid dienone is 1. The largest absolute Gasteiger partial charge is 0.477 e. The van der Waals surface area contributed by atoms with Gasteiger partial charge < -0.3 is 15.3 Å². The summed E-state index contributed by atoms with van der Waals surface area (Å²) in [6.45, 7) is 8.05. The highest BCUT2D eigenvalue weighted by Crippen LogP contribution is 2.34. The molecule has 0 heterocycles. The van der Waals surface area contributed by atoms with Crippen LogP contribution in [0, 0.1) is 0 Å². The number of nitrogens with zero attached hydrogens (tertiary/aromatic N) is 1. The lowest BCUT2D eigenvalue weighted by Gasteiger charge is -2.50. The quantitative estimate of drug-likeness (QED) is 0.0461. The van der Waals surface area contributed by atoms with E-state index < -0.39 is 40.5 Å². The lowest BCUT2D eigenvalue weighted by Crippen LogP contribution is -2.72. The normalized spacial score (nSPS) is 15.4. The van der Waals surface area contributed by atoms with Gasteiger partial charge in [0.25, 0.3) is 0 Å². The molecule has 0 aliphatic carbocycles. The van der Waals surface area contributed by atoms with Crippen LogP contribution in [0.15, 0.2) is 12.2 Å². The standard InChI is InChI=1S/C34H63NO6/c1-5-9-10-11-12-13-14-15-16-17-18-19-20-21-22-23-24-28-35(29(25-6-2)32(36)37,30(26-7-3)33(38)39)31(27-8-4)34(40)41/h22-23,29-31H,5-21,24-28H2,1-4H3,(H2-,36,37,38,39,40,41)/p+1/b23-22+. The van der Waals surface area contributed by atoms with Crippen molar-refractivity contribution < 1.29 is 34.2 Å². The molecule has 7 heteroatoms. The number of hydrogen-bond donors (Lipinski definition) is 3. The summed E-state index contributed by atoms with van der Waals surface area (Å²) in [5.41, 5.74) is 0. The predicted octanol–water partition coefficient (Wildman–Crippen LogP) is 8.99. The first kappa shape index (κ1) is 39.1. The van der Waals surface area contributed by atoms with Crippen molar-refractivity contribution in [1.82, 2.24) is 0 Å². The lowest BCUT2D eigenvalue weighted by atomic mass is 9.91. The predicted molar refractivity (Wildman–Crippen MR) is 168 cm³/mol. The first-order valence-electron chi connectivity index (χ1n) is 16.9. The van der Waals surface area contributed by atoms with Crippen molar-refractivity contribution in [2.24, 2.45) is 0 Å². The summed E-state index contributed by atoms with van der Waals surface area (Å²) in [5, 5.41) is 30.8. The van der Waals surface area contributed by atoms with Gasteiger partial charge in [-0.15, -0.1) is 0 Å². The average molecular weight is 583 g/mol. The van der Waals surface area contributed by atoms with E-state index in [9.17, 15) is 29.7 Å². The van der Waals surface area contributed by atoms with Gasteiger partial charge in [-0.1, -0.05) is 117 Å². The van der Waals surface area contributed by atoms with Crippen molar-refractivity contribution in [3.8, 4) is 0 Å². The van der Waals surface area contributed by atoms with Gasteiger partial charge in [0.15, 0.2) is 18.1 Å². The van der Waals surface area contributed by atoms with E-state index in [0.717, 1.165) is 12.8 Å². The van der Waals surface area contributed by atoms with E-state index in [1.807, 2.05) is 26.8 Å². The minimum atomic E-state index is -1.10. The van der Waals surface area contributed by atoms with E-state index in [2.05, 4.69) is 13.0 Å². The molecule has 3 N–H and O–H groups in total. The molecule has 3 atom stereocenters.